The van der Waals surface area contributed by atoms with Crippen molar-refractivity contribution in [3.8, 4) is 5.69 Å². The highest BCUT2D eigenvalue weighted by Crippen LogP contribution is 2.46. The monoisotopic (exact) mass is 213 g/mol. The van der Waals surface area contributed by atoms with Crippen LogP contribution in [0, 0.1) is 0 Å². The van der Waals surface area contributed by atoms with Crippen molar-refractivity contribution in [1.82, 2.24) is 15.1 Å². The molecule has 0 radical (unpaired) electrons. The van der Waals surface area contributed by atoms with Crippen molar-refractivity contribution in [2.45, 2.75) is 18.4 Å². The molecule has 16 heavy (non-hydrogen) atoms. The van der Waals surface area contributed by atoms with Crippen LogP contribution < -0.4 is 5.32 Å². The Morgan fingerprint density at radius 2 is 2.06 bits per heavy atom. The van der Waals surface area contributed by atoms with Crippen molar-refractivity contribution in [2.24, 2.45) is 0 Å². The summed E-state index contributed by atoms with van der Waals surface area (Å²) in [5.74, 6) is 0. The molecule has 1 saturated carbocycles. The van der Waals surface area contributed by atoms with E-state index in [0.29, 0.717) is 0 Å². The van der Waals surface area contributed by atoms with Crippen LogP contribution in [0.2, 0.25) is 0 Å². The number of nitrogens with one attached hydrogen (secondary N) is 1. The number of rotatable bonds is 3. The van der Waals surface area contributed by atoms with Crippen LogP contribution in [-0.2, 0) is 5.54 Å². The molecule has 2 aromatic rings. The molecule has 0 bridgehead atoms. The molecule has 82 valence electrons. The van der Waals surface area contributed by atoms with E-state index in [1.165, 1.54) is 24.1 Å². The lowest BCUT2D eigenvalue weighted by atomic mass is 10.0. The maximum Gasteiger partial charge on any atom is 0.0696 e. The van der Waals surface area contributed by atoms with Crippen LogP contribution >= 0.6 is 0 Å². The van der Waals surface area contributed by atoms with Gasteiger partial charge in [0.1, 0.15) is 0 Å². The first kappa shape index (κ1) is 9.60. The van der Waals surface area contributed by atoms with Crippen LogP contribution in [-0.4, -0.2) is 16.8 Å². The molecule has 3 rings (SSSR count). The average Bonchev–Trinajstić information content (AvgIpc) is 2.95. The molecule has 0 amide bonds. The Bertz CT molecular complexity index is 484. The van der Waals surface area contributed by atoms with Gasteiger partial charge in [0.05, 0.1) is 5.69 Å². The molecule has 1 heterocycles. The summed E-state index contributed by atoms with van der Waals surface area (Å²) in [6, 6.07) is 10.4. The second-order valence-corrected chi connectivity index (χ2v) is 4.30. The minimum Gasteiger partial charge on any atom is -0.310 e. The summed E-state index contributed by atoms with van der Waals surface area (Å²) in [4.78, 5) is 0. The Labute approximate surface area is 95.1 Å². The predicted octanol–water partition coefficient (Wildman–Crippen LogP) is 2.08. The van der Waals surface area contributed by atoms with Gasteiger partial charge in [-0.2, -0.15) is 5.10 Å². The van der Waals surface area contributed by atoms with Gasteiger partial charge >= 0.3 is 0 Å². The standard InChI is InChI=1S/C13H15N3/c1-14-13(7-8-13)11-5-2-3-6-12(11)16-10-4-9-15-16/h2-6,9-10,14H,7-8H2,1H3. The second kappa shape index (κ2) is 3.46. The average molecular weight is 213 g/mol. The Kier molecular flexibility index (Phi) is 2.07. The van der Waals surface area contributed by atoms with E-state index in [1.54, 1.807) is 0 Å². The zero-order valence-corrected chi connectivity index (χ0v) is 9.35. The summed E-state index contributed by atoms with van der Waals surface area (Å²) in [7, 11) is 2.03. The molecular formula is C13H15N3. The summed E-state index contributed by atoms with van der Waals surface area (Å²) < 4.78 is 1.94. The highest BCUT2D eigenvalue weighted by Gasteiger charge is 2.44. The molecule has 1 aromatic heterocycles. The van der Waals surface area contributed by atoms with Crippen LogP contribution in [0.5, 0.6) is 0 Å². The molecule has 0 unspecified atom stereocenters. The van der Waals surface area contributed by atoms with E-state index in [9.17, 15) is 0 Å². The Hall–Kier alpha value is -1.61. The van der Waals surface area contributed by atoms with E-state index < -0.39 is 0 Å². The molecule has 0 saturated heterocycles. The van der Waals surface area contributed by atoms with Gasteiger partial charge in [0.25, 0.3) is 0 Å². The summed E-state index contributed by atoms with van der Waals surface area (Å²) in [6.45, 7) is 0. The number of aromatic nitrogens is 2. The lowest BCUT2D eigenvalue weighted by Crippen LogP contribution is -2.26. The third-order valence-corrected chi connectivity index (χ3v) is 3.40. The number of nitrogens with zero attached hydrogens (tertiary/aromatic N) is 2. The smallest absolute Gasteiger partial charge is 0.0696 e. The predicted molar refractivity (Wildman–Crippen MR) is 63.5 cm³/mol. The van der Waals surface area contributed by atoms with Crippen molar-refractivity contribution < 1.29 is 0 Å². The summed E-state index contributed by atoms with van der Waals surface area (Å²) in [6.07, 6.45) is 6.23. The summed E-state index contributed by atoms with van der Waals surface area (Å²) in [5.41, 5.74) is 2.71. The quantitative estimate of drug-likeness (QED) is 0.846. The van der Waals surface area contributed by atoms with Crippen molar-refractivity contribution >= 4 is 0 Å². The largest absolute Gasteiger partial charge is 0.310 e. The zero-order valence-electron chi connectivity index (χ0n) is 9.35. The molecule has 0 atom stereocenters. The first-order valence-corrected chi connectivity index (χ1v) is 5.64. The van der Waals surface area contributed by atoms with Gasteiger partial charge in [-0.05, 0) is 37.6 Å². The normalized spacial score (nSPS) is 17.3. The highest BCUT2D eigenvalue weighted by molar-refractivity contribution is 5.47. The Balaban J connectivity index is 2.12. The zero-order chi connectivity index (χ0) is 11.0. The van der Waals surface area contributed by atoms with Crippen LogP contribution in [0.3, 0.4) is 0 Å². The van der Waals surface area contributed by atoms with Crippen LogP contribution in [0.15, 0.2) is 42.7 Å². The molecule has 1 aliphatic carbocycles. The number of hydrogen-bond donors (Lipinski definition) is 1. The van der Waals surface area contributed by atoms with Crippen molar-refractivity contribution in [1.29, 1.82) is 0 Å². The number of hydrogen-bond acceptors (Lipinski definition) is 2. The fraction of sp³-hybridized carbons (Fsp3) is 0.308. The van der Waals surface area contributed by atoms with Gasteiger partial charge in [-0.25, -0.2) is 4.68 Å². The van der Waals surface area contributed by atoms with E-state index >= 15 is 0 Å². The first-order chi connectivity index (χ1) is 7.86. The highest BCUT2D eigenvalue weighted by atomic mass is 15.3. The van der Waals surface area contributed by atoms with Crippen LogP contribution in [0.25, 0.3) is 5.69 Å². The van der Waals surface area contributed by atoms with E-state index in [0.717, 1.165) is 0 Å². The molecule has 1 aromatic carbocycles. The van der Waals surface area contributed by atoms with Crippen LogP contribution in [0.4, 0.5) is 0 Å². The number of para-hydroxylation sites is 1. The maximum atomic E-state index is 4.31. The molecule has 3 nitrogen and oxygen atoms in total. The maximum absolute atomic E-state index is 4.31. The van der Waals surface area contributed by atoms with Crippen molar-refractivity contribution in [3.05, 3.63) is 48.3 Å². The van der Waals surface area contributed by atoms with Gasteiger partial charge in [-0.15, -0.1) is 0 Å². The van der Waals surface area contributed by atoms with E-state index in [-0.39, 0.29) is 5.54 Å². The molecule has 3 heteroatoms. The molecule has 1 N–H and O–H groups in total. The van der Waals surface area contributed by atoms with Crippen LogP contribution in [0.1, 0.15) is 18.4 Å². The van der Waals surface area contributed by atoms with E-state index in [1.807, 2.05) is 30.2 Å². The molecule has 0 spiro atoms. The van der Waals surface area contributed by atoms with Gasteiger partial charge in [0.2, 0.25) is 0 Å². The lowest BCUT2D eigenvalue weighted by Gasteiger charge is -2.18. The molecule has 0 aliphatic heterocycles. The van der Waals surface area contributed by atoms with Gasteiger partial charge in [0, 0.05) is 17.9 Å². The summed E-state index contributed by atoms with van der Waals surface area (Å²) in [5, 5.41) is 7.74. The minimum absolute atomic E-state index is 0.183. The SMILES string of the molecule is CNC1(c2ccccc2-n2cccn2)CC1. The van der Waals surface area contributed by atoms with Gasteiger partial charge in [0.15, 0.2) is 0 Å². The topological polar surface area (TPSA) is 29.9 Å². The second-order valence-electron chi connectivity index (χ2n) is 4.30. The van der Waals surface area contributed by atoms with Gasteiger partial charge in [-0.3, -0.25) is 0 Å². The van der Waals surface area contributed by atoms with Crippen molar-refractivity contribution in [2.75, 3.05) is 7.05 Å². The van der Waals surface area contributed by atoms with Gasteiger partial charge < -0.3 is 5.32 Å². The Morgan fingerprint density at radius 1 is 1.25 bits per heavy atom. The fourth-order valence-electron chi connectivity index (χ4n) is 2.27. The number of benzene rings is 1. The van der Waals surface area contributed by atoms with Crippen molar-refractivity contribution in [3.63, 3.8) is 0 Å². The molecule has 1 aliphatic rings. The Morgan fingerprint density at radius 3 is 2.69 bits per heavy atom. The third kappa shape index (κ3) is 1.36. The minimum atomic E-state index is 0.183. The fourth-order valence-corrected chi connectivity index (χ4v) is 2.27. The lowest BCUT2D eigenvalue weighted by molar-refractivity contribution is 0.580. The first-order valence-electron chi connectivity index (χ1n) is 5.64. The molecular weight excluding hydrogens is 198 g/mol. The third-order valence-electron chi connectivity index (χ3n) is 3.40. The van der Waals surface area contributed by atoms with E-state index in [4.69, 9.17) is 0 Å². The van der Waals surface area contributed by atoms with Gasteiger partial charge in [-0.1, -0.05) is 18.2 Å². The molecule has 1 fully saturated rings. The van der Waals surface area contributed by atoms with E-state index in [2.05, 4.69) is 34.7 Å². The summed E-state index contributed by atoms with van der Waals surface area (Å²) >= 11 is 0.